The SMILES string of the molecule is O=C1CC2(CCNCC2)CN1Cc1ccc(Cl)cc1Cl. The first-order valence-corrected chi connectivity index (χ1v) is 7.76. The maximum Gasteiger partial charge on any atom is 0.223 e. The lowest BCUT2D eigenvalue weighted by Crippen LogP contribution is -2.38. The molecule has 3 nitrogen and oxygen atoms in total. The highest BCUT2D eigenvalue weighted by atomic mass is 35.5. The Balaban J connectivity index is 1.73. The minimum Gasteiger partial charge on any atom is -0.338 e. The summed E-state index contributed by atoms with van der Waals surface area (Å²) in [5.74, 6) is 0.248. The van der Waals surface area contributed by atoms with Gasteiger partial charge in [-0.2, -0.15) is 0 Å². The molecular weight excluding hydrogens is 295 g/mol. The van der Waals surface area contributed by atoms with Crippen molar-refractivity contribution in [2.24, 2.45) is 5.41 Å². The average Bonchev–Trinajstić information content (AvgIpc) is 2.70. The third-order valence-electron chi connectivity index (χ3n) is 4.45. The molecule has 1 spiro atoms. The summed E-state index contributed by atoms with van der Waals surface area (Å²) in [4.78, 5) is 14.2. The van der Waals surface area contributed by atoms with Crippen LogP contribution in [-0.2, 0) is 11.3 Å². The Hall–Kier alpha value is -0.770. The summed E-state index contributed by atoms with van der Waals surface area (Å²) in [7, 11) is 0. The Morgan fingerprint density at radius 1 is 1.25 bits per heavy atom. The van der Waals surface area contributed by atoms with E-state index in [4.69, 9.17) is 23.2 Å². The van der Waals surface area contributed by atoms with Crippen LogP contribution in [0.3, 0.4) is 0 Å². The van der Waals surface area contributed by atoms with Crippen molar-refractivity contribution in [2.75, 3.05) is 19.6 Å². The van der Waals surface area contributed by atoms with Crippen LogP contribution in [-0.4, -0.2) is 30.4 Å². The Labute approximate surface area is 129 Å². The fraction of sp³-hybridized carbons (Fsp3) is 0.533. The van der Waals surface area contributed by atoms with Gasteiger partial charge in [0.05, 0.1) is 0 Å². The predicted molar refractivity (Wildman–Crippen MR) is 81.0 cm³/mol. The van der Waals surface area contributed by atoms with E-state index in [1.165, 1.54) is 0 Å². The summed E-state index contributed by atoms with van der Waals surface area (Å²) in [6.45, 7) is 3.47. The quantitative estimate of drug-likeness (QED) is 0.910. The maximum absolute atomic E-state index is 12.3. The van der Waals surface area contributed by atoms with Gasteiger partial charge >= 0.3 is 0 Å². The molecule has 0 saturated carbocycles. The molecule has 0 bridgehead atoms. The molecule has 2 saturated heterocycles. The molecule has 2 aliphatic rings. The van der Waals surface area contributed by atoms with Gasteiger partial charge in [0, 0.05) is 29.6 Å². The maximum atomic E-state index is 12.3. The molecule has 1 N–H and O–H groups in total. The van der Waals surface area contributed by atoms with Gasteiger partial charge in [-0.15, -0.1) is 0 Å². The highest BCUT2D eigenvalue weighted by Crippen LogP contribution is 2.40. The van der Waals surface area contributed by atoms with Gasteiger partial charge in [0.25, 0.3) is 0 Å². The number of halogens is 2. The summed E-state index contributed by atoms with van der Waals surface area (Å²) in [5.41, 5.74) is 1.15. The molecule has 0 aliphatic carbocycles. The summed E-state index contributed by atoms with van der Waals surface area (Å²) < 4.78 is 0. The first kappa shape index (κ1) is 14.2. The second-order valence-electron chi connectivity index (χ2n) is 5.91. The third kappa shape index (κ3) is 2.80. The number of amides is 1. The number of hydrogen-bond acceptors (Lipinski definition) is 2. The van der Waals surface area contributed by atoms with Crippen LogP contribution in [0.5, 0.6) is 0 Å². The average molecular weight is 313 g/mol. The zero-order chi connectivity index (χ0) is 14.2. The molecule has 20 heavy (non-hydrogen) atoms. The van der Waals surface area contributed by atoms with Crippen LogP contribution in [0.2, 0.25) is 10.0 Å². The second kappa shape index (κ2) is 5.55. The van der Waals surface area contributed by atoms with E-state index in [1.54, 1.807) is 6.07 Å². The normalized spacial score (nSPS) is 21.7. The Bertz CT molecular complexity index is 527. The molecule has 1 aromatic carbocycles. The molecule has 1 aromatic rings. The van der Waals surface area contributed by atoms with E-state index in [9.17, 15) is 4.79 Å². The number of hydrogen-bond donors (Lipinski definition) is 1. The van der Waals surface area contributed by atoms with E-state index in [1.807, 2.05) is 17.0 Å². The minimum atomic E-state index is 0.182. The van der Waals surface area contributed by atoms with Gasteiger partial charge in [0.1, 0.15) is 0 Å². The van der Waals surface area contributed by atoms with Crippen molar-refractivity contribution in [2.45, 2.75) is 25.8 Å². The van der Waals surface area contributed by atoms with Crippen LogP contribution in [0.1, 0.15) is 24.8 Å². The van der Waals surface area contributed by atoms with Crippen LogP contribution >= 0.6 is 23.2 Å². The molecule has 2 heterocycles. The molecule has 0 aromatic heterocycles. The summed E-state index contributed by atoms with van der Waals surface area (Å²) in [5, 5.41) is 4.63. The van der Waals surface area contributed by atoms with E-state index in [2.05, 4.69) is 5.32 Å². The van der Waals surface area contributed by atoms with Crippen molar-refractivity contribution >= 4 is 29.1 Å². The van der Waals surface area contributed by atoms with Crippen molar-refractivity contribution in [1.82, 2.24) is 10.2 Å². The van der Waals surface area contributed by atoms with Gasteiger partial charge in [-0.3, -0.25) is 4.79 Å². The molecule has 0 unspecified atom stereocenters. The lowest BCUT2D eigenvalue weighted by atomic mass is 9.78. The zero-order valence-corrected chi connectivity index (χ0v) is 12.8. The van der Waals surface area contributed by atoms with Crippen molar-refractivity contribution in [3.8, 4) is 0 Å². The number of nitrogens with one attached hydrogen (secondary N) is 1. The molecule has 2 fully saturated rings. The monoisotopic (exact) mass is 312 g/mol. The number of likely N-dealkylation sites (tertiary alicyclic amines) is 1. The molecule has 0 radical (unpaired) electrons. The molecule has 108 valence electrons. The summed E-state index contributed by atoms with van der Waals surface area (Å²) in [6.07, 6.45) is 2.85. The Morgan fingerprint density at radius 2 is 2.00 bits per heavy atom. The molecule has 1 amide bonds. The number of benzene rings is 1. The highest BCUT2D eigenvalue weighted by Gasteiger charge is 2.43. The molecule has 5 heteroatoms. The first-order chi connectivity index (χ1) is 9.58. The predicted octanol–water partition coefficient (Wildman–Crippen LogP) is 3.10. The van der Waals surface area contributed by atoms with Gasteiger partial charge in [-0.1, -0.05) is 29.3 Å². The van der Waals surface area contributed by atoms with E-state index in [-0.39, 0.29) is 11.3 Å². The number of rotatable bonds is 2. The molecule has 3 rings (SSSR count). The standard InChI is InChI=1S/C15H18Cl2N2O/c16-12-2-1-11(13(17)7-12)9-19-10-15(8-14(19)20)3-5-18-6-4-15/h1-2,7,18H,3-6,8-10H2. The number of piperidine rings is 1. The largest absolute Gasteiger partial charge is 0.338 e. The Kier molecular flexibility index (Phi) is 3.93. The van der Waals surface area contributed by atoms with Gasteiger partial charge in [-0.05, 0) is 49.0 Å². The molecule has 0 atom stereocenters. The topological polar surface area (TPSA) is 32.3 Å². The van der Waals surface area contributed by atoms with Gasteiger partial charge in [0.15, 0.2) is 0 Å². The van der Waals surface area contributed by atoms with Crippen LogP contribution in [0.15, 0.2) is 18.2 Å². The van der Waals surface area contributed by atoms with Gasteiger partial charge in [-0.25, -0.2) is 0 Å². The highest BCUT2D eigenvalue weighted by molar-refractivity contribution is 6.35. The van der Waals surface area contributed by atoms with Crippen molar-refractivity contribution < 1.29 is 4.79 Å². The second-order valence-corrected chi connectivity index (χ2v) is 6.76. The van der Waals surface area contributed by atoms with Crippen LogP contribution < -0.4 is 5.32 Å². The first-order valence-electron chi connectivity index (χ1n) is 7.00. The van der Waals surface area contributed by atoms with Crippen LogP contribution in [0, 0.1) is 5.41 Å². The minimum absolute atomic E-state index is 0.182. The lowest BCUT2D eigenvalue weighted by Gasteiger charge is -2.33. The van der Waals surface area contributed by atoms with E-state index < -0.39 is 0 Å². The van der Waals surface area contributed by atoms with Crippen molar-refractivity contribution in [1.29, 1.82) is 0 Å². The number of carbonyl (C=O) groups excluding carboxylic acids is 1. The summed E-state index contributed by atoms with van der Waals surface area (Å²) >= 11 is 12.1. The van der Waals surface area contributed by atoms with Crippen LogP contribution in [0.25, 0.3) is 0 Å². The fourth-order valence-corrected chi connectivity index (χ4v) is 3.74. The smallest absolute Gasteiger partial charge is 0.223 e. The van der Waals surface area contributed by atoms with Gasteiger partial charge in [0.2, 0.25) is 5.91 Å². The fourth-order valence-electron chi connectivity index (χ4n) is 3.27. The zero-order valence-electron chi connectivity index (χ0n) is 11.3. The lowest BCUT2D eigenvalue weighted by molar-refractivity contribution is -0.128. The van der Waals surface area contributed by atoms with E-state index in [0.29, 0.717) is 23.0 Å². The van der Waals surface area contributed by atoms with E-state index >= 15 is 0 Å². The number of nitrogens with zero attached hydrogens (tertiary/aromatic N) is 1. The molecule has 2 aliphatic heterocycles. The third-order valence-corrected chi connectivity index (χ3v) is 5.03. The van der Waals surface area contributed by atoms with E-state index in [0.717, 1.165) is 38.0 Å². The summed E-state index contributed by atoms with van der Waals surface area (Å²) in [6, 6.07) is 5.47. The van der Waals surface area contributed by atoms with Crippen LogP contribution in [0.4, 0.5) is 0 Å². The van der Waals surface area contributed by atoms with Crippen molar-refractivity contribution in [3.05, 3.63) is 33.8 Å². The van der Waals surface area contributed by atoms with Gasteiger partial charge < -0.3 is 10.2 Å². The van der Waals surface area contributed by atoms with Crippen molar-refractivity contribution in [3.63, 3.8) is 0 Å². The molecular formula is C15H18Cl2N2O. The Morgan fingerprint density at radius 3 is 2.70 bits per heavy atom. The number of carbonyl (C=O) groups is 1.